The summed E-state index contributed by atoms with van der Waals surface area (Å²) in [5, 5.41) is 3.35. The number of hydrogen-bond donors (Lipinski definition) is 2. The fourth-order valence-corrected chi connectivity index (χ4v) is 4.49. The summed E-state index contributed by atoms with van der Waals surface area (Å²) in [6, 6.07) is 19.0. The van der Waals surface area contributed by atoms with Crippen LogP contribution >= 0.6 is 11.6 Å². The van der Waals surface area contributed by atoms with Crippen LogP contribution in [0.3, 0.4) is 0 Å². The van der Waals surface area contributed by atoms with Gasteiger partial charge in [-0.1, -0.05) is 41.9 Å². The van der Waals surface area contributed by atoms with Gasteiger partial charge in [-0.3, -0.25) is 4.79 Å². The highest BCUT2D eigenvalue weighted by atomic mass is 35.5. The molecule has 8 heteroatoms. The second-order valence-corrected chi connectivity index (χ2v) is 9.08. The van der Waals surface area contributed by atoms with Crippen molar-refractivity contribution >= 4 is 33.2 Å². The summed E-state index contributed by atoms with van der Waals surface area (Å²) in [6.45, 7) is 2.04. The van der Waals surface area contributed by atoms with E-state index in [0.29, 0.717) is 17.1 Å². The Morgan fingerprint density at radius 2 is 1.77 bits per heavy atom. The van der Waals surface area contributed by atoms with E-state index >= 15 is 0 Å². The van der Waals surface area contributed by atoms with E-state index in [0.717, 1.165) is 11.1 Å². The van der Waals surface area contributed by atoms with E-state index in [4.69, 9.17) is 16.3 Å². The number of benzene rings is 3. The number of rotatable bonds is 8. The van der Waals surface area contributed by atoms with Gasteiger partial charge >= 0.3 is 0 Å². The lowest BCUT2D eigenvalue weighted by atomic mass is 10.1. The van der Waals surface area contributed by atoms with E-state index in [1.54, 1.807) is 18.2 Å². The SMILES string of the molecule is COc1ccc(C(=O)Nc2ccc(Cl)cc2C)cc1S(=O)(=O)NCCc1ccccc1. The number of ether oxygens (including phenoxy) is 1. The van der Waals surface area contributed by atoms with Gasteiger partial charge in [0, 0.05) is 22.8 Å². The van der Waals surface area contributed by atoms with Gasteiger partial charge in [-0.05, 0) is 60.9 Å². The van der Waals surface area contributed by atoms with Gasteiger partial charge in [-0.25, -0.2) is 13.1 Å². The van der Waals surface area contributed by atoms with Crippen molar-refractivity contribution in [2.75, 3.05) is 19.0 Å². The van der Waals surface area contributed by atoms with Crippen molar-refractivity contribution in [2.45, 2.75) is 18.2 Å². The van der Waals surface area contributed by atoms with Crippen LogP contribution in [0.1, 0.15) is 21.5 Å². The van der Waals surface area contributed by atoms with Crippen LogP contribution in [-0.4, -0.2) is 28.0 Å². The normalized spacial score (nSPS) is 11.2. The van der Waals surface area contributed by atoms with Crippen molar-refractivity contribution in [3.63, 3.8) is 0 Å². The van der Waals surface area contributed by atoms with Gasteiger partial charge in [0.1, 0.15) is 10.6 Å². The molecule has 0 atom stereocenters. The van der Waals surface area contributed by atoms with Gasteiger partial charge < -0.3 is 10.1 Å². The Morgan fingerprint density at radius 3 is 2.45 bits per heavy atom. The number of carbonyl (C=O) groups is 1. The molecule has 0 aliphatic rings. The quantitative estimate of drug-likeness (QED) is 0.523. The van der Waals surface area contributed by atoms with Crippen molar-refractivity contribution < 1.29 is 17.9 Å². The van der Waals surface area contributed by atoms with Crippen molar-refractivity contribution in [3.8, 4) is 5.75 Å². The molecule has 0 fully saturated rings. The Morgan fingerprint density at radius 1 is 1.03 bits per heavy atom. The number of hydrogen-bond acceptors (Lipinski definition) is 4. The van der Waals surface area contributed by atoms with Gasteiger partial charge in [0.05, 0.1) is 7.11 Å². The number of aryl methyl sites for hydroxylation is 1. The molecule has 0 unspecified atom stereocenters. The van der Waals surface area contributed by atoms with Crippen molar-refractivity contribution in [3.05, 3.63) is 88.4 Å². The summed E-state index contributed by atoms with van der Waals surface area (Å²) in [4.78, 5) is 12.6. The molecule has 31 heavy (non-hydrogen) atoms. The first-order chi connectivity index (χ1) is 14.8. The highest BCUT2D eigenvalue weighted by Gasteiger charge is 2.21. The Kier molecular flexibility index (Phi) is 7.33. The van der Waals surface area contributed by atoms with Crippen LogP contribution in [0.15, 0.2) is 71.6 Å². The third kappa shape index (κ3) is 5.85. The zero-order valence-electron chi connectivity index (χ0n) is 17.2. The summed E-state index contributed by atoms with van der Waals surface area (Å²) < 4.78 is 33.6. The maximum Gasteiger partial charge on any atom is 0.255 e. The molecule has 0 spiro atoms. The molecule has 0 aromatic heterocycles. The average molecular weight is 459 g/mol. The van der Waals surface area contributed by atoms with E-state index in [9.17, 15) is 13.2 Å². The highest BCUT2D eigenvalue weighted by molar-refractivity contribution is 7.89. The lowest BCUT2D eigenvalue weighted by Gasteiger charge is -2.13. The number of amides is 1. The number of nitrogens with one attached hydrogen (secondary N) is 2. The predicted molar refractivity (Wildman–Crippen MR) is 122 cm³/mol. The summed E-state index contributed by atoms with van der Waals surface area (Å²) in [5.41, 5.74) is 2.60. The topological polar surface area (TPSA) is 84.5 Å². The first kappa shape index (κ1) is 22.8. The van der Waals surface area contributed by atoms with Crippen molar-refractivity contribution in [2.24, 2.45) is 0 Å². The molecule has 1 amide bonds. The Balaban J connectivity index is 1.79. The smallest absolute Gasteiger partial charge is 0.255 e. The molecule has 0 radical (unpaired) electrons. The first-order valence-electron chi connectivity index (χ1n) is 9.59. The largest absolute Gasteiger partial charge is 0.495 e. The van der Waals surface area contributed by atoms with Crippen molar-refractivity contribution in [1.29, 1.82) is 0 Å². The molecule has 0 saturated heterocycles. The third-order valence-corrected chi connectivity index (χ3v) is 6.42. The molecule has 2 N–H and O–H groups in total. The standard InChI is InChI=1S/C23H23ClN2O4S/c1-16-14-19(24)9-10-20(16)26-23(27)18-8-11-21(30-2)22(15-18)31(28,29)25-13-12-17-6-4-3-5-7-17/h3-11,14-15,25H,12-13H2,1-2H3,(H,26,27). The Bertz CT molecular complexity index is 1180. The van der Waals surface area contributed by atoms with Crippen LogP contribution < -0.4 is 14.8 Å². The summed E-state index contributed by atoms with van der Waals surface area (Å²) in [7, 11) is -2.50. The van der Waals surface area contributed by atoms with E-state index in [2.05, 4.69) is 10.0 Å². The third-order valence-electron chi connectivity index (χ3n) is 4.70. The Labute approximate surface area is 187 Å². The molecular weight excluding hydrogens is 436 g/mol. The van der Waals surface area contributed by atoms with E-state index in [-0.39, 0.29) is 22.8 Å². The molecule has 0 saturated carbocycles. The minimum Gasteiger partial charge on any atom is -0.495 e. The van der Waals surface area contributed by atoms with Crippen LogP contribution in [0, 0.1) is 6.92 Å². The second kappa shape index (κ2) is 9.96. The molecule has 162 valence electrons. The monoisotopic (exact) mass is 458 g/mol. The molecule has 0 aliphatic carbocycles. The first-order valence-corrected chi connectivity index (χ1v) is 11.5. The van der Waals surface area contributed by atoms with Gasteiger partial charge in [-0.2, -0.15) is 0 Å². The number of methoxy groups -OCH3 is 1. The minimum atomic E-state index is -3.89. The van der Waals surface area contributed by atoms with Crippen LogP contribution in [0.5, 0.6) is 5.75 Å². The zero-order valence-corrected chi connectivity index (χ0v) is 18.8. The predicted octanol–water partition coefficient (Wildman–Crippen LogP) is 4.43. The van der Waals surface area contributed by atoms with Gasteiger partial charge in [0.25, 0.3) is 5.91 Å². The van der Waals surface area contributed by atoms with Crippen LogP contribution in [0.25, 0.3) is 0 Å². The zero-order chi connectivity index (χ0) is 22.4. The summed E-state index contributed by atoms with van der Waals surface area (Å²) >= 11 is 5.96. The fraction of sp³-hybridized carbons (Fsp3) is 0.174. The van der Waals surface area contributed by atoms with Crippen LogP contribution in [-0.2, 0) is 16.4 Å². The number of sulfonamides is 1. The minimum absolute atomic E-state index is 0.0939. The van der Waals surface area contributed by atoms with E-state index in [1.165, 1.54) is 25.3 Å². The molecular formula is C23H23ClN2O4S. The summed E-state index contributed by atoms with van der Waals surface area (Å²) in [6.07, 6.45) is 0.540. The maximum atomic E-state index is 12.9. The Hall–Kier alpha value is -2.87. The number of anilines is 1. The molecule has 3 aromatic rings. The lowest BCUT2D eigenvalue weighted by molar-refractivity contribution is 0.102. The van der Waals surface area contributed by atoms with E-state index in [1.807, 2.05) is 37.3 Å². The average Bonchev–Trinajstić information content (AvgIpc) is 2.75. The molecule has 3 aromatic carbocycles. The number of carbonyl (C=O) groups excluding carboxylic acids is 1. The van der Waals surface area contributed by atoms with Gasteiger partial charge in [0.15, 0.2) is 0 Å². The van der Waals surface area contributed by atoms with Crippen LogP contribution in [0.4, 0.5) is 5.69 Å². The highest BCUT2D eigenvalue weighted by Crippen LogP contribution is 2.26. The molecule has 6 nitrogen and oxygen atoms in total. The molecule has 0 heterocycles. The second-order valence-electron chi connectivity index (χ2n) is 6.91. The van der Waals surface area contributed by atoms with Crippen LogP contribution in [0.2, 0.25) is 5.02 Å². The number of halogens is 1. The fourth-order valence-electron chi connectivity index (χ4n) is 3.04. The van der Waals surface area contributed by atoms with E-state index < -0.39 is 15.9 Å². The molecule has 0 bridgehead atoms. The summed E-state index contributed by atoms with van der Waals surface area (Å²) in [5.74, 6) is -0.278. The van der Waals surface area contributed by atoms with Gasteiger partial charge in [0.2, 0.25) is 10.0 Å². The molecule has 0 aliphatic heterocycles. The lowest BCUT2D eigenvalue weighted by Crippen LogP contribution is -2.27. The maximum absolute atomic E-state index is 12.9. The molecule has 3 rings (SSSR count). The van der Waals surface area contributed by atoms with Crippen molar-refractivity contribution in [1.82, 2.24) is 4.72 Å². The van der Waals surface area contributed by atoms with Gasteiger partial charge in [-0.15, -0.1) is 0 Å².